The van der Waals surface area contributed by atoms with Crippen molar-refractivity contribution in [3.05, 3.63) is 50.2 Å². The Bertz CT molecular complexity index is 1170. The van der Waals surface area contributed by atoms with Crippen molar-refractivity contribution >= 4 is 47.0 Å². The highest BCUT2D eigenvalue weighted by Gasteiger charge is 2.33. The third-order valence-electron chi connectivity index (χ3n) is 4.08. The van der Waals surface area contributed by atoms with Gasteiger partial charge < -0.3 is 0 Å². The second kappa shape index (κ2) is 6.01. The summed E-state index contributed by atoms with van der Waals surface area (Å²) in [5.74, 6) is 0. The van der Waals surface area contributed by atoms with Crippen molar-refractivity contribution in [1.82, 2.24) is 18.3 Å². The zero-order chi connectivity index (χ0) is 18.9. The topological polar surface area (TPSA) is 88.0 Å². The van der Waals surface area contributed by atoms with Gasteiger partial charge in [0.1, 0.15) is 19.8 Å². The molecule has 0 bridgehead atoms. The lowest BCUT2D eigenvalue weighted by Crippen LogP contribution is -2.38. The van der Waals surface area contributed by atoms with Crippen LogP contribution in [0.5, 0.6) is 0 Å². The van der Waals surface area contributed by atoms with Crippen LogP contribution in [0, 0.1) is 0 Å². The number of nitrogens with zero attached hydrogens (tertiary/aromatic N) is 4. The maximum Gasteiger partial charge on any atom is 0.331 e. The van der Waals surface area contributed by atoms with E-state index in [-0.39, 0.29) is 22.5 Å². The van der Waals surface area contributed by atoms with Crippen LogP contribution in [-0.2, 0) is 28.2 Å². The molecular formula is C14H12N4O4S4. The molecule has 0 aromatic carbocycles. The fraction of sp³-hybridized carbons (Fsp3) is 0.286. The van der Waals surface area contributed by atoms with Crippen molar-refractivity contribution in [2.45, 2.75) is 19.8 Å². The predicted molar refractivity (Wildman–Crippen MR) is 104 cm³/mol. The lowest BCUT2D eigenvalue weighted by atomic mass is 10.6. The SMILES string of the molecule is Cn1c2c(c(=O)n(C)c1=O)S/C(=C1/Sc3c(n(C)c(=O)n(C)c3=O)S1)S2. The maximum absolute atomic E-state index is 12.4. The van der Waals surface area contributed by atoms with Crippen LogP contribution in [0.4, 0.5) is 0 Å². The van der Waals surface area contributed by atoms with Crippen LogP contribution < -0.4 is 22.5 Å². The molecule has 2 aromatic rings. The zero-order valence-electron chi connectivity index (χ0n) is 14.1. The smallest absolute Gasteiger partial charge is 0.290 e. The van der Waals surface area contributed by atoms with Gasteiger partial charge in [0.05, 0.1) is 8.47 Å². The number of thioether (sulfide) groups is 4. The van der Waals surface area contributed by atoms with Crippen molar-refractivity contribution in [3.63, 3.8) is 0 Å². The van der Waals surface area contributed by atoms with Crippen molar-refractivity contribution < 1.29 is 0 Å². The number of hydrogen-bond acceptors (Lipinski definition) is 8. The zero-order valence-corrected chi connectivity index (χ0v) is 17.3. The first kappa shape index (κ1) is 17.9. The molecule has 4 rings (SSSR count). The third kappa shape index (κ3) is 2.35. The van der Waals surface area contributed by atoms with E-state index in [2.05, 4.69) is 0 Å². The van der Waals surface area contributed by atoms with E-state index in [1.54, 1.807) is 14.1 Å². The summed E-state index contributed by atoms with van der Waals surface area (Å²) < 4.78 is 6.74. The quantitative estimate of drug-likeness (QED) is 0.567. The van der Waals surface area contributed by atoms with Gasteiger partial charge in [-0.05, 0) is 0 Å². The maximum atomic E-state index is 12.4. The molecule has 0 amide bonds. The Kier molecular flexibility index (Phi) is 4.13. The van der Waals surface area contributed by atoms with Gasteiger partial charge in [-0.3, -0.25) is 27.9 Å². The Labute approximate surface area is 163 Å². The molecule has 0 N–H and O–H groups in total. The fourth-order valence-electron chi connectivity index (χ4n) is 2.56. The molecule has 0 atom stereocenters. The normalized spacial score (nSPS) is 18.3. The molecule has 0 aliphatic carbocycles. The summed E-state index contributed by atoms with van der Waals surface area (Å²) in [7, 11) is 6.17. The van der Waals surface area contributed by atoms with Gasteiger partial charge in [0.25, 0.3) is 11.1 Å². The molecule has 0 saturated carbocycles. The molecule has 8 nitrogen and oxygen atoms in total. The van der Waals surface area contributed by atoms with E-state index in [0.717, 1.165) is 17.6 Å². The number of hydrogen-bond donors (Lipinski definition) is 0. The lowest BCUT2D eigenvalue weighted by molar-refractivity contribution is 0.605. The fourth-order valence-corrected chi connectivity index (χ4v) is 8.11. The van der Waals surface area contributed by atoms with Gasteiger partial charge in [0.2, 0.25) is 0 Å². The van der Waals surface area contributed by atoms with Gasteiger partial charge in [-0.15, -0.1) is 0 Å². The van der Waals surface area contributed by atoms with Gasteiger partial charge in [-0.2, -0.15) is 0 Å². The molecule has 136 valence electrons. The molecular weight excluding hydrogens is 416 g/mol. The van der Waals surface area contributed by atoms with Gasteiger partial charge in [0.15, 0.2) is 0 Å². The number of rotatable bonds is 0. The molecule has 2 aliphatic rings. The molecule has 26 heavy (non-hydrogen) atoms. The lowest BCUT2D eigenvalue weighted by Gasteiger charge is -2.06. The van der Waals surface area contributed by atoms with Crippen LogP contribution >= 0.6 is 47.0 Å². The van der Waals surface area contributed by atoms with Gasteiger partial charge >= 0.3 is 11.4 Å². The van der Waals surface area contributed by atoms with E-state index < -0.39 is 0 Å². The molecule has 0 unspecified atom stereocenters. The molecule has 0 radical (unpaired) electrons. The largest absolute Gasteiger partial charge is 0.331 e. The van der Waals surface area contributed by atoms with Crippen molar-refractivity contribution in [3.8, 4) is 0 Å². The molecule has 0 fully saturated rings. The van der Waals surface area contributed by atoms with E-state index in [4.69, 9.17) is 0 Å². The molecule has 0 spiro atoms. The molecule has 2 aliphatic heterocycles. The average Bonchev–Trinajstić information content (AvgIpc) is 3.26. The minimum atomic E-state index is -0.376. The third-order valence-corrected chi connectivity index (χ3v) is 9.90. The summed E-state index contributed by atoms with van der Waals surface area (Å²) in [4.78, 5) is 50.0. The summed E-state index contributed by atoms with van der Waals surface area (Å²) in [5, 5.41) is 1.20. The van der Waals surface area contributed by atoms with Crippen molar-refractivity contribution in [2.24, 2.45) is 28.2 Å². The van der Waals surface area contributed by atoms with Crippen LogP contribution in [0.15, 0.2) is 47.5 Å². The second-order valence-corrected chi connectivity index (χ2v) is 10.2. The Morgan fingerprint density at radius 1 is 0.538 bits per heavy atom. The van der Waals surface area contributed by atoms with Crippen LogP contribution in [-0.4, -0.2) is 18.3 Å². The Balaban J connectivity index is 1.85. The monoisotopic (exact) mass is 428 g/mol. The van der Waals surface area contributed by atoms with E-state index >= 15 is 0 Å². The highest BCUT2D eigenvalue weighted by atomic mass is 32.2. The van der Waals surface area contributed by atoms with E-state index in [9.17, 15) is 19.2 Å². The molecule has 4 heterocycles. The summed E-state index contributed by atoms with van der Waals surface area (Å²) >= 11 is 5.28. The minimum Gasteiger partial charge on any atom is -0.290 e. The van der Waals surface area contributed by atoms with Crippen molar-refractivity contribution in [2.75, 3.05) is 0 Å². The van der Waals surface area contributed by atoms with Crippen LogP contribution in [0.3, 0.4) is 0 Å². The van der Waals surface area contributed by atoms with E-state index in [1.807, 2.05) is 0 Å². The molecule has 2 aromatic heterocycles. The summed E-state index contributed by atoms with van der Waals surface area (Å²) in [6, 6.07) is 0. The van der Waals surface area contributed by atoms with Gasteiger partial charge in [-0.1, -0.05) is 47.0 Å². The number of fused-ring (bicyclic) bond motifs is 2. The summed E-state index contributed by atoms with van der Waals surface area (Å²) in [5.41, 5.74) is -1.41. The first-order chi connectivity index (χ1) is 12.2. The number of aromatic nitrogens is 4. The van der Waals surface area contributed by atoms with Gasteiger partial charge in [0, 0.05) is 28.2 Å². The first-order valence-corrected chi connectivity index (χ1v) is 10.5. The van der Waals surface area contributed by atoms with E-state index in [1.165, 1.54) is 70.3 Å². The van der Waals surface area contributed by atoms with Crippen LogP contribution in [0.25, 0.3) is 0 Å². The van der Waals surface area contributed by atoms with Crippen molar-refractivity contribution in [1.29, 1.82) is 0 Å². The Morgan fingerprint density at radius 3 is 1.23 bits per heavy atom. The standard InChI is InChI=1S/C14H12N4O4S4/c1-15-7(19)5-9(17(3)13(15)21)25-11(23-5)12-24-6-8(20)16(2)14(22)18(4)10(6)26-12/h1-4H3/b12-11+. The first-order valence-electron chi connectivity index (χ1n) is 7.28. The molecule has 0 saturated heterocycles. The average molecular weight is 429 g/mol. The Morgan fingerprint density at radius 2 is 0.885 bits per heavy atom. The van der Waals surface area contributed by atoms with E-state index in [0.29, 0.717) is 19.8 Å². The van der Waals surface area contributed by atoms with Gasteiger partial charge in [-0.25, -0.2) is 9.59 Å². The summed E-state index contributed by atoms with van der Waals surface area (Å²) in [6.45, 7) is 0. The summed E-state index contributed by atoms with van der Waals surface area (Å²) in [6.07, 6.45) is 0. The Hall–Kier alpha value is -1.50. The highest BCUT2D eigenvalue weighted by molar-refractivity contribution is 8.30. The second-order valence-electron chi connectivity index (χ2n) is 5.66. The highest BCUT2D eigenvalue weighted by Crippen LogP contribution is 2.59. The molecule has 12 heteroatoms. The minimum absolute atomic E-state index is 0.329. The van der Waals surface area contributed by atoms with Crippen LogP contribution in [0.2, 0.25) is 0 Å². The predicted octanol–water partition coefficient (Wildman–Crippen LogP) is 0.704. The van der Waals surface area contributed by atoms with Crippen LogP contribution in [0.1, 0.15) is 0 Å².